The number of carbonyl (C=O) groups is 2. The minimum atomic E-state index is -1.18. The molecule has 2 aromatic rings. The molecule has 0 unspecified atom stereocenters. The maximum Gasteiger partial charge on any atom is 0.153 e. The van der Waals surface area contributed by atoms with Gasteiger partial charge in [-0.05, 0) is 5.53 Å². The van der Waals surface area contributed by atoms with Crippen LogP contribution in [0.2, 0.25) is 0 Å². The predicted molar refractivity (Wildman–Crippen MR) is 71.5 cm³/mol. The van der Waals surface area contributed by atoms with Gasteiger partial charge in [0.05, 0.1) is 5.56 Å². The second kappa shape index (κ2) is 6.36. The summed E-state index contributed by atoms with van der Waals surface area (Å²) in [5, 5.41) is 18.1. The number of benzene rings is 1. The number of nitrogens with zero attached hydrogens (tertiary/aromatic N) is 5. The molecule has 0 amide bonds. The van der Waals surface area contributed by atoms with Crippen LogP contribution in [0.1, 0.15) is 16.8 Å². The number of aliphatic carboxylic acids is 1. The molecular weight excluding hydrogens is 274 g/mol. The van der Waals surface area contributed by atoms with Crippen LogP contribution in [0, 0.1) is 0 Å². The third kappa shape index (κ3) is 3.46. The van der Waals surface area contributed by atoms with E-state index in [-0.39, 0.29) is 13.0 Å². The van der Waals surface area contributed by atoms with Crippen molar-refractivity contribution in [2.24, 2.45) is 5.11 Å². The Morgan fingerprint density at radius 3 is 2.71 bits per heavy atom. The van der Waals surface area contributed by atoms with Gasteiger partial charge in [-0.2, -0.15) is 5.10 Å². The van der Waals surface area contributed by atoms with Crippen LogP contribution in [0.5, 0.6) is 0 Å². The van der Waals surface area contributed by atoms with Crippen molar-refractivity contribution in [2.45, 2.75) is 13.0 Å². The smallest absolute Gasteiger partial charge is 0.153 e. The lowest BCUT2D eigenvalue weighted by atomic mass is 10.1. The van der Waals surface area contributed by atoms with Crippen LogP contribution in [0.15, 0.2) is 35.6 Å². The lowest BCUT2D eigenvalue weighted by molar-refractivity contribution is -0.306. The Hall–Kier alpha value is -3.12. The number of hydrogen-bond donors (Lipinski definition) is 0. The van der Waals surface area contributed by atoms with Gasteiger partial charge in [-0.3, -0.25) is 9.48 Å². The molecule has 0 bridgehead atoms. The van der Waals surface area contributed by atoms with Crippen LogP contribution in [-0.2, 0) is 11.3 Å². The summed E-state index contributed by atoms with van der Waals surface area (Å²) in [6.07, 6.45) is 1.95. The molecule has 0 saturated carbocycles. The van der Waals surface area contributed by atoms with Gasteiger partial charge in [0, 0.05) is 41.3 Å². The first-order valence-corrected chi connectivity index (χ1v) is 6.02. The average Bonchev–Trinajstić information content (AvgIpc) is 2.89. The lowest BCUT2D eigenvalue weighted by Gasteiger charge is -2.02. The third-order valence-corrected chi connectivity index (χ3v) is 2.76. The van der Waals surface area contributed by atoms with Crippen molar-refractivity contribution in [1.29, 1.82) is 0 Å². The van der Waals surface area contributed by atoms with Crippen LogP contribution in [0.4, 0.5) is 5.69 Å². The molecular formula is C13H10N5O3-. The van der Waals surface area contributed by atoms with Crippen molar-refractivity contribution >= 4 is 17.9 Å². The molecule has 1 aromatic carbocycles. The average molecular weight is 284 g/mol. The Morgan fingerprint density at radius 2 is 2.14 bits per heavy atom. The Bertz CT molecular complexity index is 714. The van der Waals surface area contributed by atoms with Gasteiger partial charge in [-0.1, -0.05) is 29.4 Å². The van der Waals surface area contributed by atoms with E-state index in [4.69, 9.17) is 5.53 Å². The third-order valence-electron chi connectivity index (χ3n) is 2.76. The molecule has 8 nitrogen and oxygen atoms in total. The van der Waals surface area contributed by atoms with Crippen molar-refractivity contribution in [3.05, 3.63) is 46.5 Å². The lowest BCUT2D eigenvalue weighted by Crippen LogP contribution is -2.23. The van der Waals surface area contributed by atoms with Crippen molar-refractivity contribution in [1.82, 2.24) is 9.78 Å². The van der Waals surface area contributed by atoms with Gasteiger partial charge < -0.3 is 9.90 Å². The second-order valence-corrected chi connectivity index (χ2v) is 4.17. The molecule has 0 aliphatic carbocycles. The highest BCUT2D eigenvalue weighted by atomic mass is 16.4. The van der Waals surface area contributed by atoms with Crippen molar-refractivity contribution < 1.29 is 14.7 Å². The zero-order chi connectivity index (χ0) is 15.2. The summed E-state index contributed by atoms with van der Waals surface area (Å²) in [6.45, 7) is 0.125. The highest BCUT2D eigenvalue weighted by Crippen LogP contribution is 2.24. The van der Waals surface area contributed by atoms with Crippen molar-refractivity contribution in [3.8, 4) is 11.3 Å². The molecule has 0 aliphatic heterocycles. The van der Waals surface area contributed by atoms with Crippen molar-refractivity contribution in [3.63, 3.8) is 0 Å². The normalized spacial score (nSPS) is 9.90. The van der Waals surface area contributed by atoms with Gasteiger partial charge in [0.25, 0.3) is 0 Å². The maximum atomic E-state index is 11.1. The van der Waals surface area contributed by atoms with Gasteiger partial charge in [0.15, 0.2) is 6.29 Å². The number of carbonyl (C=O) groups excluding carboxylic acids is 2. The van der Waals surface area contributed by atoms with Gasteiger partial charge in [0.1, 0.15) is 5.69 Å². The largest absolute Gasteiger partial charge is 0.550 e. The van der Waals surface area contributed by atoms with Crippen LogP contribution < -0.4 is 5.11 Å². The van der Waals surface area contributed by atoms with E-state index in [1.165, 1.54) is 10.9 Å². The van der Waals surface area contributed by atoms with Crippen LogP contribution in [0.3, 0.4) is 0 Å². The maximum absolute atomic E-state index is 11.1. The van der Waals surface area contributed by atoms with Crippen LogP contribution in [-0.4, -0.2) is 22.0 Å². The number of carboxylic acids is 1. The number of carboxylic acid groups (broad SMARTS) is 1. The highest BCUT2D eigenvalue weighted by molar-refractivity contribution is 5.85. The zero-order valence-electron chi connectivity index (χ0n) is 10.8. The van der Waals surface area contributed by atoms with E-state index in [9.17, 15) is 14.7 Å². The van der Waals surface area contributed by atoms with E-state index >= 15 is 0 Å². The summed E-state index contributed by atoms with van der Waals surface area (Å²) < 4.78 is 1.39. The number of aryl methyl sites for hydroxylation is 1. The summed E-state index contributed by atoms with van der Waals surface area (Å²) in [6, 6.07) is 6.54. The first kappa shape index (κ1) is 14.3. The minimum absolute atomic E-state index is 0.125. The summed E-state index contributed by atoms with van der Waals surface area (Å²) in [5.41, 5.74) is 10.2. The van der Waals surface area contributed by atoms with E-state index in [2.05, 4.69) is 15.1 Å². The van der Waals surface area contributed by atoms with E-state index in [1.54, 1.807) is 24.3 Å². The predicted octanol–water partition coefficient (Wildman–Crippen LogP) is 1.44. The Kier molecular flexibility index (Phi) is 4.33. The number of aromatic nitrogens is 2. The first-order valence-electron chi connectivity index (χ1n) is 6.02. The van der Waals surface area contributed by atoms with Gasteiger partial charge >= 0.3 is 0 Å². The van der Waals surface area contributed by atoms with E-state index in [0.29, 0.717) is 28.8 Å². The van der Waals surface area contributed by atoms with Gasteiger partial charge in [-0.15, -0.1) is 0 Å². The summed E-state index contributed by atoms with van der Waals surface area (Å²) >= 11 is 0. The van der Waals surface area contributed by atoms with Crippen LogP contribution >= 0.6 is 0 Å². The first-order chi connectivity index (χ1) is 10.1. The number of hydrogen-bond acceptors (Lipinski definition) is 5. The zero-order valence-corrected chi connectivity index (χ0v) is 10.8. The number of aldehydes is 1. The topological polar surface area (TPSA) is 124 Å². The minimum Gasteiger partial charge on any atom is -0.550 e. The van der Waals surface area contributed by atoms with Gasteiger partial charge in [0.2, 0.25) is 0 Å². The van der Waals surface area contributed by atoms with E-state index in [1.807, 2.05) is 0 Å². The summed E-state index contributed by atoms with van der Waals surface area (Å²) in [7, 11) is 0. The Morgan fingerprint density at radius 1 is 1.43 bits per heavy atom. The van der Waals surface area contributed by atoms with Crippen molar-refractivity contribution in [2.75, 3.05) is 0 Å². The molecule has 0 atom stereocenters. The molecule has 106 valence electrons. The molecule has 1 heterocycles. The monoisotopic (exact) mass is 284 g/mol. The van der Waals surface area contributed by atoms with E-state index < -0.39 is 5.97 Å². The fourth-order valence-electron chi connectivity index (χ4n) is 1.81. The molecule has 0 saturated heterocycles. The molecule has 0 N–H and O–H groups in total. The molecule has 0 fully saturated rings. The molecule has 8 heteroatoms. The quantitative estimate of drug-likeness (QED) is 0.344. The molecule has 0 radical (unpaired) electrons. The second-order valence-electron chi connectivity index (χ2n) is 4.17. The molecule has 1 aromatic heterocycles. The molecule has 21 heavy (non-hydrogen) atoms. The summed E-state index contributed by atoms with van der Waals surface area (Å²) in [5.74, 6) is -1.18. The summed E-state index contributed by atoms with van der Waals surface area (Å²) in [4.78, 5) is 24.2. The fourth-order valence-corrected chi connectivity index (χ4v) is 1.81. The molecule has 0 spiro atoms. The number of rotatable bonds is 6. The number of azide groups is 1. The SMILES string of the molecule is [N-]=[N+]=Nc1ccc(-c2nn(CCC(=O)[O-])cc2C=O)cc1. The Labute approximate surface area is 119 Å². The fraction of sp³-hybridized carbons (Fsp3) is 0.154. The standard InChI is InChI=1S/C13H11N5O3/c14-17-15-11-3-1-9(2-4-11)13-10(8-19)7-18(16-13)6-5-12(20)21/h1-4,7-8H,5-6H2,(H,20,21)/p-1. The van der Waals surface area contributed by atoms with E-state index in [0.717, 1.165) is 0 Å². The molecule has 2 rings (SSSR count). The van der Waals surface area contributed by atoms with Crippen LogP contribution in [0.25, 0.3) is 21.7 Å². The van der Waals surface area contributed by atoms with Gasteiger partial charge in [-0.25, -0.2) is 0 Å². The highest BCUT2D eigenvalue weighted by Gasteiger charge is 2.10. The Balaban J connectivity index is 2.31. The molecule has 0 aliphatic rings.